The normalized spacial score (nSPS) is 13.0. The zero-order valence-corrected chi connectivity index (χ0v) is 15.4. The summed E-state index contributed by atoms with van der Waals surface area (Å²) < 4.78 is 11.3. The molecule has 0 radical (unpaired) electrons. The van der Waals surface area contributed by atoms with Gasteiger partial charge in [-0.05, 0) is 23.8 Å². The summed E-state index contributed by atoms with van der Waals surface area (Å²) in [5.74, 6) is 1.84. The van der Waals surface area contributed by atoms with Crippen LogP contribution in [0.2, 0.25) is 0 Å². The third kappa shape index (κ3) is 5.02. The van der Waals surface area contributed by atoms with Gasteiger partial charge in [0.1, 0.15) is 0 Å². The summed E-state index contributed by atoms with van der Waals surface area (Å²) in [6.45, 7) is 3.26. The predicted octanol–water partition coefficient (Wildman–Crippen LogP) is 3.46. The van der Waals surface area contributed by atoms with Gasteiger partial charge in [0.05, 0.1) is 19.0 Å². The van der Waals surface area contributed by atoms with Gasteiger partial charge in [-0.2, -0.15) is 0 Å². The molecule has 1 aliphatic rings. The fourth-order valence-electron chi connectivity index (χ4n) is 2.50. The van der Waals surface area contributed by atoms with Crippen LogP contribution in [0.25, 0.3) is 0 Å². The molecular formula is C20H21NO4S. The van der Waals surface area contributed by atoms with Crippen molar-refractivity contribution in [3.8, 4) is 11.5 Å². The number of thioether (sulfide) groups is 1. The van der Waals surface area contributed by atoms with Gasteiger partial charge in [-0.15, -0.1) is 11.8 Å². The molecule has 0 bridgehead atoms. The van der Waals surface area contributed by atoms with Crippen molar-refractivity contribution in [1.29, 1.82) is 0 Å². The highest BCUT2D eigenvalue weighted by Gasteiger charge is 2.12. The number of nitrogens with one attached hydrogen (secondary N) is 1. The molecular weight excluding hydrogens is 350 g/mol. The fourth-order valence-corrected chi connectivity index (χ4v) is 3.32. The van der Waals surface area contributed by atoms with E-state index >= 15 is 0 Å². The molecule has 3 rings (SSSR count). The molecule has 2 aromatic rings. The molecule has 1 aliphatic heterocycles. The zero-order valence-electron chi connectivity index (χ0n) is 14.6. The highest BCUT2D eigenvalue weighted by Crippen LogP contribution is 2.34. The smallest absolute Gasteiger partial charge is 0.217 e. The standard InChI is InChI=1S/C20H21NO4S/c1-14(22)21-12-15-3-5-16(6-4-15)18(23)13-26-17-7-8-19-20(11-17)25-10-2-9-24-19/h3-8,11H,2,9-10,12-13H2,1H3,(H,21,22). The van der Waals surface area contributed by atoms with Crippen molar-refractivity contribution in [3.63, 3.8) is 0 Å². The molecule has 0 aromatic heterocycles. The second-order valence-electron chi connectivity index (χ2n) is 5.98. The van der Waals surface area contributed by atoms with Crippen molar-refractivity contribution in [3.05, 3.63) is 53.6 Å². The van der Waals surface area contributed by atoms with Gasteiger partial charge in [0.15, 0.2) is 17.3 Å². The van der Waals surface area contributed by atoms with Crippen molar-refractivity contribution in [2.24, 2.45) is 0 Å². The van der Waals surface area contributed by atoms with E-state index in [1.165, 1.54) is 18.7 Å². The first-order chi connectivity index (χ1) is 12.6. The SMILES string of the molecule is CC(=O)NCc1ccc(C(=O)CSc2ccc3c(c2)OCCCO3)cc1. The number of hydrogen-bond acceptors (Lipinski definition) is 5. The van der Waals surface area contributed by atoms with E-state index in [-0.39, 0.29) is 11.7 Å². The Morgan fingerprint density at radius 1 is 1.04 bits per heavy atom. The number of benzene rings is 2. The van der Waals surface area contributed by atoms with Crippen LogP contribution in [-0.2, 0) is 11.3 Å². The van der Waals surface area contributed by atoms with Gasteiger partial charge in [0, 0.05) is 30.3 Å². The number of carbonyl (C=O) groups excluding carboxylic acids is 2. The number of ether oxygens (including phenoxy) is 2. The van der Waals surface area contributed by atoms with Crippen molar-refractivity contribution in [2.75, 3.05) is 19.0 Å². The zero-order chi connectivity index (χ0) is 18.4. The van der Waals surface area contributed by atoms with Gasteiger partial charge in [-0.3, -0.25) is 9.59 Å². The van der Waals surface area contributed by atoms with E-state index in [4.69, 9.17) is 9.47 Å². The van der Waals surface area contributed by atoms with E-state index in [9.17, 15) is 9.59 Å². The van der Waals surface area contributed by atoms with Gasteiger partial charge in [0.25, 0.3) is 0 Å². The summed E-state index contributed by atoms with van der Waals surface area (Å²) in [6, 6.07) is 13.1. The van der Waals surface area contributed by atoms with E-state index in [2.05, 4.69) is 5.32 Å². The minimum atomic E-state index is -0.0725. The van der Waals surface area contributed by atoms with E-state index in [1.54, 1.807) is 12.1 Å². The van der Waals surface area contributed by atoms with Crippen LogP contribution in [0.15, 0.2) is 47.4 Å². The Balaban J connectivity index is 1.57. The Morgan fingerprint density at radius 3 is 2.50 bits per heavy atom. The van der Waals surface area contributed by atoms with Gasteiger partial charge in [-0.1, -0.05) is 24.3 Å². The molecule has 0 saturated carbocycles. The number of ketones is 1. The van der Waals surface area contributed by atoms with Crippen LogP contribution in [-0.4, -0.2) is 30.7 Å². The second kappa shape index (κ2) is 8.76. The number of rotatable bonds is 6. The first-order valence-corrected chi connectivity index (χ1v) is 9.49. The Bertz CT molecular complexity index is 789. The van der Waals surface area contributed by atoms with Crippen LogP contribution < -0.4 is 14.8 Å². The summed E-state index contributed by atoms with van der Waals surface area (Å²) in [6.07, 6.45) is 0.869. The molecule has 5 nitrogen and oxygen atoms in total. The molecule has 0 saturated heterocycles. The van der Waals surface area contributed by atoms with Gasteiger partial charge >= 0.3 is 0 Å². The minimum absolute atomic E-state index is 0.0631. The minimum Gasteiger partial charge on any atom is -0.490 e. The lowest BCUT2D eigenvalue weighted by molar-refractivity contribution is -0.119. The number of hydrogen-bond donors (Lipinski definition) is 1. The third-order valence-corrected chi connectivity index (χ3v) is 4.90. The lowest BCUT2D eigenvalue weighted by atomic mass is 10.1. The Morgan fingerprint density at radius 2 is 1.77 bits per heavy atom. The summed E-state index contributed by atoms with van der Waals surface area (Å²) in [7, 11) is 0. The van der Waals surface area contributed by atoms with Crippen LogP contribution in [0.1, 0.15) is 29.3 Å². The molecule has 0 aliphatic carbocycles. The average molecular weight is 371 g/mol. The quantitative estimate of drug-likeness (QED) is 0.622. The molecule has 0 fully saturated rings. The maximum atomic E-state index is 12.4. The third-order valence-electron chi connectivity index (χ3n) is 3.91. The van der Waals surface area contributed by atoms with Crippen molar-refractivity contribution in [2.45, 2.75) is 24.8 Å². The van der Waals surface area contributed by atoms with Crippen LogP contribution in [0.4, 0.5) is 0 Å². The lowest BCUT2D eigenvalue weighted by Crippen LogP contribution is -2.18. The molecule has 136 valence electrons. The molecule has 0 spiro atoms. The average Bonchev–Trinajstić information content (AvgIpc) is 2.89. The molecule has 6 heteroatoms. The molecule has 1 N–H and O–H groups in total. The lowest BCUT2D eigenvalue weighted by Gasteiger charge is -2.09. The molecule has 1 amide bonds. The summed E-state index contributed by atoms with van der Waals surface area (Å²) in [5, 5.41) is 2.74. The van der Waals surface area contributed by atoms with Gasteiger partial charge in [0.2, 0.25) is 5.91 Å². The second-order valence-corrected chi connectivity index (χ2v) is 7.03. The molecule has 1 heterocycles. The topological polar surface area (TPSA) is 64.6 Å². The van der Waals surface area contributed by atoms with Crippen molar-refractivity contribution < 1.29 is 19.1 Å². The van der Waals surface area contributed by atoms with Gasteiger partial charge < -0.3 is 14.8 Å². The first-order valence-electron chi connectivity index (χ1n) is 8.51. The van der Waals surface area contributed by atoms with E-state index < -0.39 is 0 Å². The predicted molar refractivity (Wildman–Crippen MR) is 101 cm³/mol. The Labute approximate surface area is 157 Å². The fraction of sp³-hybridized carbons (Fsp3) is 0.300. The number of fused-ring (bicyclic) bond motifs is 1. The maximum Gasteiger partial charge on any atom is 0.217 e. The van der Waals surface area contributed by atoms with Crippen LogP contribution in [0.5, 0.6) is 11.5 Å². The molecule has 0 unspecified atom stereocenters. The Hall–Kier alpha value is -2.47. The monoisotopic (exact) mass is 371 g/mol. The largest absolute Gasteiger partial charge is 0.490 e. The molecule has 0 atom stereocenters. The number of Topliss-reactive ketones (excluding diaryl/α,β-unsaturated/α-hetero) is 1. The van der Waals surface area contributed by atoms with E-state index in [0.717, 1.165) is 28.4 Å². The summed E-state index contributed by atoms with van der Waals surface area (Å²) in [4.78, 5) is 24.3. The highest BCUT2D eigenvalue weighted by atomic mass is 32.2. The summed E-state index contributed by atoms with van der Waals surface area (Å²) in [5.41, 5.74) is 1.63. The molecule has 2 aromatic carbocycles. The van der Waals surface area contributed by atoms with Crippen LogP contribution in [0, 0.1) is 0 Å². The van der Waals surface area contributed by atoms with Gasteiger partial charge in [-0.25, -0.2) is 0 Å². The van der Waals surface area contributed by atoms with E-state index in [0.29, 0.717) is 31.1 Å². The summed E-state index contributed by atoms with van der Waals surface area (Å²) >= 11 is 1.48. The number of carbonyl (C=O) groups is 2. The molecule has 26 heavy (non-hydrogen) atoms. The van der Waals surface area contributed by atoms with Crippen LogP contribution >= 0.6 is 11.8 Å². The maximum absolute atomic E-state index is 12.4. The number of amides is 1. The van der Waals surface area contributed by atoms with Crippen LogP contribution in [0.3, 0.4) is 0 Å². The first kappa shape index (κ1) is 18.3. The van der Waals surface area contributed by atoms with Crippen molar-refractivity contribution in [1.82, 2.24) is 5.32 Å². The Kier molecular flexibility index (Phi) is 6.17. The van der Waals surface area contributed by atoms with E-state index in [1.807, 2.05) is 30.3 Å². The van der Waals surface area contributed by atoms with Crippen molar-refractivity contribution >= 4 is 23.5 Å². The highest BCUT2D eigenvalue weighted by molar-refractivity contribution is 8.00.